The highest BCUT2D eigenvalue weighted by molar-refractivity contribution is 9.09. The second-order valence-corrected chi connectivity index (χ2v) is 4.96. The Morgan fingerprint density at radius 3 is 2.54 bits per heavy atom. The van der Waals surface area contributed by atoms with Crippen molar-refractivity contribution in [3.05, 3.63) is 0 Å². The molecule has 0 heterocycles. The molecule has 0 aliphatic heterocycles. The summed E-state index contributed by atoms with van der Waals surface area (Å²) in [6, 6.07) is 0. The SMILES string of the molecule is CC(C)CCC(=O)NC1(CBr)CC1. The third-order valence-electron chi connectivity index (χ3n) is 2.46. The first kappa shape index (κ1) is 11.0. The van der Waals surface area contributed by atoms with Crippen LogP contribution in [0.2, 0.25) is 0 Å². The second-order valence-electron chi connectivity index (χ2n) is 4.39. The van der Waals surface area contributed by atoms with E-state index in [4.69, 9.17) is 0 Å². The van der Waals surface area contributed by atoms with Crippen molar-refractivity contribution in [3.63, 3.8) is 0 Å². The van der Waals surface area contributed by atoms with E-state index in [1.165, 1.54) is 0 Å². The first-order valence-corrected chi connectivity index (χ1v) is 6.07. The van der Waals surface area contributed by atoms with Crippen molar-refractivity contribution in [1.29, 1.82) is 0 Å². The summed E-state index contributed by atoms with van der Waals surface area (Å²) in [7, 11) is 0. The van der Waals surface area contributed by atoms with Crippen molar-refractivity contribution < 1.29 is 4.79 Å². The van der Waals surface area contributed by atoms with Gasteiger partial charge in [0.2, 0.25) is 5.91 Å². The average Bonchev–Trinajstić information content (AvgIpc) is 2.82. The number of hydrogen-bond acceptors (Lipinski definition) is 1. The number of nitrogens with one attached hydrogen (secondary N) is 1. The normalized spacial score (nSPS) is 18.8. The maximum atomic E-state index is 11.4. The van der Waals surface area contributed by atoms with Crippen molar-refractivity contribution in [1.82, 2.24) is 5.32 Å². The molecule has 0 bridgehead atoms. The number of hydrogen-bond donors (Lipinski definition) is 1. The summed E-state index contributed by atoms with van der Waals surface area (Å²) in [6.07, 6.45) is 3.92. The number of halogens is 1. The minimum absolute atomic E-state index is 0.119. The monoisotopic (exact) mass is 247 g/mol. The predicted octanol–water partition coefficient (Wildman–Crippen LogP) is 2.47. The maximum Gasteiger partial charge on any atom is 0.220 e. The van der Waals surface area contributed by atoms with E-state index in [9.17, 15) is 4.79 Å². The van der Waals surface area contributed by atoms with Gasteiger partial charge in [0.1, 0.15) is 0 Å². The molecular formula is C10H18BrNO. The Balaban J connectivity index is 2.18. The summed E-state index contributed by atoms with van der Waals surface area (Å²) in [6.45, 7) is 4.29. The molecule has 0 radical (unpaired) electrons. The molecule has 1 amide bonds. The summed E-state index contributed by atoms with van der Waals surface area (Å²) < 4.78 is 0. The molecule has 3 heteroatoms. The van der Waals surface area contributed by atoms with Crippen molar-refractivity contribution in [2.45, 2.75) is 45.1 Å². The van der Waals surface area contributed by atoms with Gasteiger partial charge in [-0.1, -0.05) is 29.8 Å². The lowest BCUT2D eigenvalue weighted by Gasteiger charge is -2.14. The van der Waals surface area contributed by atoms with Crippen LogP contribution < -0.4 is 5.32 Å². The van der Waals surface area contributed by atoms with Crippen LogP contribution in [0.15, 0.2) is 0 Å². The predicted molar refractivity (Wildman–Crippen MR) is 58.0 cm³/mol. The lowest BCUT2D eigenvalue weighted by molar-refractivity contribution is -0.122. The van der Waals surface area contributed by atoms with Gasteiger partial charge in [-0.3, -0.25) is 4.79 Å². The van der Waals surface area contributed by atoms with Crippen LogP contribution in [0.3, 0.4) is 0 Å². The van der Waals surface area contributed by atoms with Gasteiger partial charge in [0.25, 0.3) is 0 Å². The summed E-state index contributed by atoms with van der Waals surface area (Å²) in [5, 5.41) is 3.98. The van der Waals surface area contributed by atoms with E-state index in [-0.39, 0.29) is 11.4 Å². The van der Waals surface area contributed by atoms with E-state index < -0.39 is 0 Å². The van der Waals surface area contributed by atoms with Gasteiger partial charge in [0.15, 0.2) is 0 Å². The van der Waals surface area contributed by atoms with Crippen LogP contribution in [0.4, 0.5) is 0 Å². The van der Waals surface area contributed by atoms with Gasteiger partial charge in [-0.05, 0) is 25.2 Å². The zero-order valence-electron chi connectivity index (χ0n) is 8.40. The Morgan fingerprint density at radius 2 is 2.15 bits per heavy atom. The molecule has 0 unspecified atom stereocenters. The van der Waals surface area contributed by atoms with Gasteiger partial charge < -0.3 is 5.32 Å². The largest absolute Gasteiger partial charge is 0.350 e. The number of carbonyl (C=O) groups is 1. The summed E-state index contributed by atoms with van der Waals surface area (Å²) in [4.78, 5) is 11.4. The molecule has 1 fully saturated rings. The van der Waals surface area contributed by atoms with Gasteiger partial charge in [-0.2, -0.15) is 0 Å². The lowest BCUT2D eigenvalue weighted by atomic mass is 10.1. The minimum Gasteiger partial charge on any atom is -0.350 e. The first-order valence-electron chi connectivity index (χ1n) is 4.95. The topological polar surface area (TPSA) is 29.1 Å². The molecule has 1 aliphatic rings. The third kappa shape index (κ3) is 3.67. The summed E-state index contributed by atoms with van der Waals surface area (Å²) in [5.74, 6) is 0.829. The number of alkyl halides is 1. The molecular weight excluding hydrogens is 230 g/mol. The van der Waals surface area contributed by atoms with E-state index in [1.54, 1.807) is 0 Å². The van der Waals surface area contributed by atoms with Crippen LogP contribution in [0.25, 0.3) is 0 Å². The quantitative estimate of drug-likeness (QED) is 0.744. The molecule has 13 heavy (non-hydrogen) atoms. The van der Waals surface area contributed by atoms with E-state index in [0.29, 0.717) is 12.3 Å². The molecule has 1 saturated carbocycles. The zero-order chi connectivity index (χ0) is 9.90. The Labute approximate surface area is 88.6 Å². The standard InChI is InChI=1S/C10H18BrNO/c1-8(2)3-4-9(13)12-10(7-11)5-6-10/h8H,3-7H2,1-2H3,(H,12,13). The van der Waals surface area contributed by atoms with Crippen molar-refractivity contribution in [3.8, 4) is 0 Å². The van der Waals surface area contributed by atoms with Crippen LogP contribution in [0.1, 0.15) is 39.5 Å². The number of rotatable bonds is 5. The van der Waals surface area contributed by atoms with Crippen molar-refractivity contribution in [2.75, 3.05) is 5.33 Å². The lowest BCUT2D eigenvalue weighted by Crippen LogP contribution is -2.38. The molecule has 1 N–H and O–H groups in total. The Bertz CT molecular complexity index is 187. The van der Waals surface area contributed by atoms with E-state index >= 15 is 0 Å². The Morgan fingerprint density at radius 1 is 1.54 bits per heavy atom. The highest BCUT2D eigenvalue weighted by atomic mass is 79.9. The molecule has 1 rings (SSSR count). The zero-order valence-corrected chi connectivity index (χ0v) is 9.99. The van der Waals surface area contributed by atoms with Crippen LogP contribution >= 0.6 is 15.9 Å². The van der Waals surface area contributed by atoms with E-state index in [2.05, 4.69) is 35.1 Å². The molecule has 2 nitrogen and oxygen atoms in total. The van der Waals surface area contributed by atoms with Gasteiger partial charge >= 0.3 is 0 Å². The average molecular weight is 248 g/mol. The Kier molecular flexibility index (Phi) is 3.77. The fraction of sp³-hybridized carbons (Fsp3) is 0.900. The van der Waals surface area contributed by atoms with Crippen LogP contribution in [0, 0.1) is 5.92 Å². The smallest absolute Gasteiger partial charge is 0.220 e. The van der Waals surface area contributed by atoms with Crippen molar-refractivity contribution >= 4 is 21.8 Å². The third-order valence-corrected chi connectivity index (χ3v) is 3.54. The molecule has 0 atom stereocenters. The summed E-state index contributed by atoms with van der Waals surface area (Å²) >= 11 is 3.43. The first-order chi connectivity index (χ1) is 6.08. The molecule has 0 aromatic carbocycles. The maximum absolute atomic E-state index is 11.4. The highest BCUT2D eigenvalue weighted by Gasteiger charge is 2.42. The van der Waals surface area contributed by atoms with Gasteiger partial charge in [-0.25, -0.2) is 0 Å². The van der Waals surface area contributed by atoms with E-state index in [1.807, 2.05) is 0 Å². The summed E-state index contributed by atoms with van der Waals surface area (Å²) in [5.41, 5.74) is 0.119. The molecule has 0 saturated heterocycles. The van der Waals surface area contributed by atoms with Gasteiger partial charge in [-0.15, -0.1) is 0 Å². The molecule has 0 spiro atoms. The molecule has 76 valence electrons. The fourth-order valence-corrected chi connectivity index (χ4v) is 1.92. The van der Waals surface area contributed by atoms with Gasteiger partial charge in [0.05, 0.1) is 0 Å². The van der Waals surface area contributed by atoms with Crippen LogP contribution in [-0.4, -0.2) is 16.8 Å². The molecule has 0 aromatic rings. The fourth-order valence-electron chi connectivity index (χ4n) is 1.22. The van der Waals surface area contributed by atoms with Crippen LogP contribution in [0.5, 0.6) is 0 Å². The number of carbonyl (C=O) groups excluding carboxylic acids is 1. The number of amides is 1. The van der Waals surface area contributed by atoms with E-state index in [0.717, 1.165) is 24.6 Å². The van der Waals surface area contributed by atoms with Gasteiger partial charge in [0, 0.05) is 17.3 Å². The molecule has 0 aromatic heterocycles. The van der Waals surface area contributed by atoms with Crippen LogP contribution in [-0.2, 0) is 4.79 Å². The van der Waals surface area contributed by atoms with Crippen molar-refractivity contribution in [2.24, 2.45) is 5.92 Å². The highest BCUT2D eigenvalue weighted by Crippen LogP contribution is 2.36. The molecule has 1 aliphatic carbocycles. The Hall–Kier alpha value is -0.0500. The minimum atomic E-state index is 0.119. The second kappa shape index (κ2) is 4.45.